The Hall–Kier alpha value is -1.07. The number of rotatable bonds is 1. The van der Waals surface area contributed by atoms with E-state index in [0.717, 1.165) is 36.8 Å². The van der Waals surface area contributed by atoms with E-state index in [-0.39, 0.29) is 17.6 Å². The maximum absolute atomic E-state index is 12.4. The van der Waals surface area contributed by atoms with Crippen LogP contribution in [0.15, 0.2) is 22.7 Å². The second kappa shape index (κ2) is 6.10. The van der Waals surface area contributed by atoms with Crippen molar-refractivity contribution in [2.45, 2.75) is 51.7 Å². The molecule has 1 unspecified atom stereocenters. The quantitative estimate of drug-likeness (QED) is 0.775. The van der Waals surface area contributed by atoms with Crippen LogP contribution in [0.2, 0.25) is 0 Å². The van der Waals surface area contributed by atoms with E-state index >= 15 is 0 Å². The normalized spacial score (nSPS) is 22.7. The van der Waals surface area contributed by atoms with Crippen molar-refractivity contribution in [3.05, 3.63) is 33.8 Å². The molecule has 1 heterocycles. The van der Waals surface area contributed by atoms with E-state index in [1.165, 1.54) is 11.1 Å². The van der Waals surface area contributed by atoms with E-state index < -0.39 is 5.60 Å². The second-order valence-corrected chi connectivity index (χ2v) is 8.63. The van der Waals surface area contributed by atoms with Gasteiger partial charge in [-0.15, -0.1) is 0 Å². The van der Waals surface area contributed by atoms with Gasteiger partial charge in [0.15, 0.2) is 0 Å². The standard InChI is InChI=1S/C18H25BrN2O2/c1-17(2,3)23-16(22)21-15-14-10-13(19)5-4-12(14)11-18(15)6-8-20-9-7-18/h4-5,10,15,20H,6-9,11H2,1-3H3,(H,21,22). The topological polar surface area (TPSA) is 50.4 Å². The predicted octanol–water partition coefficient (Wildman–Crippen LogP) is 3.94. The van der Waals surface area contributed by atoms with Crippen LogP contribution in [0.1, 0.15) is 50.8 Å². The Labute approximate surface area is 146 Å². The highest BCUT2D eigenvalue weighted by molar-refractivity contribution is 9.10. The molecule has 1 aromatic rings. The minimum atomic E-state index is -0.482. The number of amides is 1. The number of hydrogen-bond acceptors (Lipinski definition) is 3. The Morgan fingerprint density at radius 2 is 2.04 bits per heavy atom. The van der Waals surface area contributed by atoms with Crippen LogP contribution in [0.25, 0.3) is 0 Å². The van der Waals surface area contributed by atoms with Crippen molar-refractivity contribution in [3.63, 3.8) is 0 Å². The van der Waals surface area contributed by atoms with E-state index in [1.807, 2.05) is 20.8 Å². The molecule has 4 nitrogen and oxygen atoms in total. The van der Waals surface area contributed by atoms with Crippen LogP contribution in [0.4, 0.5) is 4.79 Å². The van der Waals surface area contributed by atoms with Crippen molar-refractivity contribution in [2.24, 2.45) is 5.41 Å². The average molecular weight is 381 g/mol. The molecule has 5 heteroatoms. The SMILES string of the molecule is CC(C)(C)OC(=O)NC1c2cc(Br)ccc2CC12CCNCC2. The number of benzene rings is 1. The number of fused-ring (bicyclic) bond motifs is 1. The lowest BCUT2D eigenvalue weighted by Crippen LogP contribution is -2.46. The molecule has 1 spiro atoms. The fraction of sp³-hybridized carbons (Fsp3) is 0.611. The number of hydrogen-bond donors (Lipinski definition) is 2. The lowest BCUT2D eigenvalue weighted by molar-refractivity contribution is 0.0421. The highest BCUT2D eigenvalue weighted by Crippen LogP contribution is 2.51. The number of carbonyl (C=O) groups is 1. The summed E-state index contributed by atoms with van der Waals surface area (Å²) in [6, 6.07) is 6.43. The fourth-order valence-corrected chi connectivity index (χ4v) is 4.23. The molecule has 1 aromatic carbocycles. The third kappa shape index (κ3) is 3.56. The molecule has 0 saturated carbocycles. The van der Waals surface area contributed by atoms with Crippen LogP contribution in [-0.2, 0) is 11.2 Å². The summed E-state index contributed by atoms with van der Waals surface area (Å²) < 4.78 is 6.56. The van der Waals surface area contributed by atoms with Gasteiger partial charge in [0.2, 0.25) is 0 Å². The summed E-state index contributed by atoms with van der Waals surface area (Å²) >= 11 is 3.56. The van der Waals surface area contributed by atoms with E-state index in [1.54, 1.807) is 0 Å². The first-order chi connectivity index (χ1) is 10.8. The first-order valence-corrected chi connectivity index (χ1v) is 9.07. The Balaban J connectivity index is 1.89. The Morgan fingerprint density at radius 3 is 2.70 bits per heavy atom. The van der Waals surface area contributed by atoms with Gasteiger partial charge in [0.05, 0.1) is 6.04 Å². The van der Waals surface area contributed by atoms with E-state index in [2.05, 4.69) is 44.8 Å². The zero-order valence-electron chi connectivity index (χ0n) is 14.0. The molecular formula is C18H25BrN2O2. The maximum atomic E-state index is 12.4. The first kappa shape index (κ1) is 16.8. The fourth-order valence-electron chi connectivity index (χ4n) is 3.85. The molecule has 23 heavy (non-hydrogen) atoms. The van der Waals surface area contributed by atoms with Gasteiger partial charge in [-0.05, 0) is 76.4 Å². The lowest BCUT2D eigenvalue weighted by atomic mass is 9.73. The van der Waals surface area contributed by atoms with Crippen molar-refractivity contribution in [1.29, 1.82) is 0 Å². The summed E-state index contributed by atoms with van der Waals surface area (Å²) in [7, 11) is 0. The van der Waals surface area contributed by atoms with Gasteiger partial charge in [0.1, 0.15) is 5.60 Å². The number of nitrogens with one attached hydrogen (secondary N) is 2. The smallest absolute Gasteiger partial charge is 0.408 e. The van der Waals surface area contributed by atoms with Crippen LogP contribution in [0.5, 0.6) is 0 Å². The largest absolute Gasteiger partial charge is 0.444 e. The van der Waals surface area contributed by atoms with Gasteiger partial charge < -0.3 is 15.4 Å². The molecule has 1 saturated heterocycles. The van der Waals surface area contributed by atoms with Gasteiger partial charge >= 0.3 is 6.09 Å². The Morgan fingerprint density at radius 1 is 1.35 bits per heavy atom. The number of halogens is 1. The van der Waals surface area contributed by atoms with Crippen molar-refractivity contribution < 1.29 is 9.53 Å². The molecule has 1 fully saturated rings. The molecule has 0 radical (unpaired) electrons. The van der Waals surface area contributed by atoms with E-state index in [9.17, 15) is 4.79 Å². The summed E-state index contributed by atoms with van der Waals surface area (Å²) in [5.74, 6) is 0. The number of carbonyl (C=O) groups excluding carboxylic acids is 1. The van der Waals surface area contributed by atoms with Crippen molar-refractivity contribution in [3.8, 4) is 0 Å². The highest BCUT2D eigenvalue weighted by atomic mass is 79.9. The average Bonchev–Trinajstić information content (AvgIpc) is 2.71. The van der Waals surface area contributed by atoms with Crippen molar-refractivity contribution in [2.75, 3.05) is 13.1 Å². The van der Waals surface area contributed by atoms with Crippen molar-refractivity contribution >= 4 is 22.0 Å². The lowest BCUT2D eigenvalue weighted by Gasteiger charge is -2.40. The van der Waals surface area contributed by atoms with Crippen LogP contribution in [-0.4, -0.2) is 24.8 Å². The zero-order chi connectivity index (χ0) is 16.7. The summed E-state index contributed by atoms with van der Waals surface area (Å²) in [4.78, 5) is 12.4. The predicted molar refractivity (Wildman–Crippen MR) is 94.5 cm³/mol. The molecule has 3 rings (SSSR count). The molecule has 0 aromatic heterocycles. The first-order valence-electron chi connectivity index (χ1n) is 8.28. The van der Waals surface area contributed by atoms with Gasteiger partial charge in [-0.3, -0.25) is 0 Å². The van der Waals surface area contributed by atoms with Gasteiger partial charge in [-0.2, -0.15) is 0 Å². The number of alkyl carbamates (subject to hydrolysis) is 1. The Kier molecular flexibility index (Phi) is 4.45. The number of piperidine rings is 1. The molecule has 1 amide bonds. The monoisotopic (exact) mass is 380 g/mol. The van der Waals surface area contributed by atoms with Crippen LogP contribution >= 0.6 is 15.9 Å². The molecule has 126 valence electrons. The van der Waals surface area contributed by atoms with Gasteiger partial charge in [-0.25, -0.2) is 4.79 Å². The van der Waals surface area contributed by atoms with Gasteiger partial charge in [0.25, 0.3) is 0 Å². The molecule has 0 bridgehead atoms. The van der Waals surface area contributed by atoms with Gasteiger partial charge in [0, 0.05) is 9.89 Å². The third-order valence-electron chi connectivity index (χ3n) is 4.83. The molecule has 2 N–H and O–H groups in total. The molecule has 1 aliphatic carbocycles. The molecule has 1 atom stereocenters. The maximum Gasteiger partial charge on any atom is 0.408 e. The highest BCUT2D eigenvalue weighted by Gasteiger charge is 2.47. The summed E-state index contributed by atoms with van der Waals surface area (Å²) in [5.41, 5.74) is 2.19. The molecule has 1 aliphatic heterocycles. The van der Waals surface area contributed by atoms with Crippen LogP contribution in [0, 0.1) is 5.41 Å². The number of ether oxygens (including phenoxy) is 1. The van der Waals surface area contributed by atoms with Crippen molar-refractivity contribution in [1.82, 2.24) is 10.6 Å². The zero-order valence-corrected chi connectivity index (χ0v) is 15.6. The summed E-state index contributed by atoms with van der Waals surface area (Å²) in [6.45, 7) is 7.69. The molecular weight excluding hydrogens is 356 g/mol. The van der Waals surface area contributed by atoms with Crippen LogP contribution in [0.3, 0.4) is 0 Å². The minimum Gasteiger partial charge on any atom is -0.444 e. The second-order valence-electron chi connectivity index (χ2n) is 7.71. The van der Waals surface area contributed by atoms with E-state index in [0.29, 0.717) is 0 Å². The summed E-state index contributed by atoms with van der Waals surface area (Å²) in [6.07, 6.45) is 2.84. The minimum absolute atomic E-state index is 0.0203. The van der Waals surface area contributed by atoms with E-state index in [4.69, 9.17) is 4.74 Å². The van der Waals surface area contributed by atoms with Gasteiger partial charge in [-0.1, -0.05) is 22.0 Å². The molecule has 2 aliphatic rings. The third-order valence-corrected chi connectivity index (χ3v) is 5.33. The van der Waals surface area contributed by atoms with Crippen LogP contribution < -0.4 is 10.6 Å². The Bertz CT molecular complexity index is 604. The summed E-state index contributed by atoms with van der Waals surface area (Å²) in [5, 5.41) is 6.60.